The molecule has 0 aliphatic rings. The van der Waals surface area contributed by atoms with Crippen LogP contribution in [0, 0.1) is 0 Å². The summed E-state index contributed by atoms with van der Waals surface area (Å²) in [5.41, 5.74) is 4.35. The van der Waals surface area contributed by atoms with Crippen LogP contribution in [0.25, 0.3) is 11.3 Å². The van der Waals surface area contributed by atoms with Crippen molar-refractivity contribution in [3.8, 4) is 17.0 Å². The minimum Gasteiger partial charge on any atom is -0.494 e. The SMILES string of the molecule is COc1cccnc1-c1ccc(C(=O)Nc2ccc(C(C)(C)C)cc2)cc1. The highest BCUT2D eigenvalue weighted by Gasteiger charge is 2.14. The average molecular weight is 360 g/mol. The molecule has 0 aliphatic carbocycles. The summed E-state index contributed by atoms with van der Waals surface area (Å²) in [6.07, 6.45) is 1.72. The molecule has 1 aromatic heterocycles. The summed E-state index contributed by atoms with van der Waals surface area (Å²) in [6, 6.07) is 19.0. The van der Waals surface area contributed by atoms with E-state index in [4.69, 9.17) is 4.74 Å². The van der Waals surface area contributed by atoms with E-state index in [0.717, 1.165) is 16.9 Å². The van der Waals surface area contributed by atoms with Gasteiger partial charge in [0.05, 0.1) is 7.11 Å². The zero-order valence-electron chi connectivity index (χ0n) is 16.1. The summed E-state index contributed by atoms with van der Waals surface area (Å²) >= 11 is 0. The zero-order valence-corrected chi connectivity index (χ0v) is 16.1. The number of aromatic nitrogens is 1. The molecule has 27 heavy (non-hydrogen) atoms. The normalized spacial score (nSPS) is 11.1. The highest BCUT2D eigenvalue weighted by Crippen LogP contribution is 2.27. The van der Waals surface area contributed by atoms with Crippen molar-refractivity contribution in [2.24, 2.45) is 0 Å². The molecule has 1 N–H and O–H groups in total. The molecule has 138 valence electrons. The maximum Gasteiger partial charge on any atom is 0.255 e. The van der Waals surface area contributed by atoms with Crippen molar-refractivity contribution in [3.05, 3.63) is 78.0 Å². The second kappa shape index (κ2) is 7.62. The van der Waals surface area contributed by atoms with Crippen LogP contribution in [-0.2, 0) is 5.41 Å². The van der Waals surface area contributed by atoms with Gasteiger partial charge in [-0.25, -0.2) is 0 Å². The molecular formula is C23H24N2O2. The molecule has 0 aliphatic heterocycles. The first-order valence-corrected chi connectivity index (χ1v) is 8.90. The lowest BCUT2D eigenvalue weighted by Crippen LogP contribution is -2.13. The van der Waals surface area contributed by atoms with E-state index in [1.807, 2.05) is 48.5 Å². The first-order valence-electron chi connectivity index (χ1n) is 8.90. The smallest absolute Gasteiger partial charge is 0.255 e. The molecule has 0 fully saturated rings. The second-order valence-corrected chi connectivity index (χ2v) is 7.41. The quantitative estimate of drug-likeness (QED) is 0.686. The number of hydrogen-bond acceptors (Lipinski definition) is 3. The Labute approximate surface area is 160 Å². The van der Waals surface area contributed by atoms with E-state index >= 15 is 0 Å². The van der Waals surface area contributed by atoms with Crippen molar-refractivity contribution >= 4 is 11.6 Å². The monoisotopic (exact) mass is 360 g/mol. The summed E-state index contributed by atoms with van der Waals surface area (Å²) in [4.78, 5) is 16.9. The predicted molar refractivity (Wildman–Crippen MR) is 109 cm³/mol. The van der Waals surface area contributed by atoms with Gasteiger partial charge in [0.1, 0.15) is 11.4 Å². The Morgan fingerprint density at radius 3 is 2.22 bits per heavy atom. The third kappa shape index (κ3) is 4.34. The average Bonchev–Trinajstić information content (AvgIpc) is 2.68. The standard InChI is InChI=1S/C23H24N2O2/c1-23(2,3)18-11-13-19(14-12-18)25-22(26)17-9-7-16(8-10-17)21-20(27-4)6-5-15-24-21/h5-15H,1-4H3,(H,25,26). The molecule has 0 saturated heterocycles. The van der Waals surface area contributed by atoms with Crippen molar-refractivity contribution < 1.29 is 9.53 Å². The molecule has 0 radical (unpaired) electrons. The predicted octanol–water partition coefficient (Wildman–Crippen LogP) is 5.31. The number of anilines is 1. The van der Waals surface area contributed by atoms with Crippen LogP contribution in [0.1, 0.15) is 36.7 Å². The van der Waals surface area contributed by atoms with Crippen molar-refractivity contribution in [1.82, 2.24) is 4.98 Å². The van der Waals surface area contributed by atoms with Gasteiger partial charge >= 0.3 is 0 Å². The Morgan fingerprint density at radius 1 is 0.963 bits per heavy atom. The van der Waals surface area contributed by atoms with Gasteiger partial charge in [0.2, 0.25) is 0 Å². The fourth-order valence-corrected chi connectivity index (χ4v) is 2.81. The molecular weight excluding hydrogens is 336 g/mol. The summed E-state index contributed by atoms with van der Waals surface area (Å²) in [7, 11) is 1.62. The Kier molecular flexibility index (Phi) is 5.26. The fourth-order valence-electron chi connectivity index (χ4n) is 2.81. The van der Waals surface area contributed by atoms with Crippen LogP contribution < -0.4 is 10.1 Å². The Hall–Kier alpha value is -3.14. The van der Waals surface area contributed by atoms with Gasteiger partial charge in [0.15, 0.2) is 0 Å². The number of carbonyl (C=O) groups excluding carboxylic acids is 1. The minimum absolute atomic E-state index is 0.0882. The van der Waals surface area contributed by atoms with E-state index in [0.29, 0.717) is 11.3 Å². The molecule has 0 saturated carbocycles. The number of carbonyl (C=O) groups is 1. The Bertz CT molecular complexity index is 924. The third-order valence-electron chi connectivity index (χ3n) is 4.42. The van der Waals surface area contributed by atoms with Gasteiger partial charge < -0.3 is 10.1 Å². The van der Waals surface area contributed by atoms with Gasteiger partial charge in [0.25, 0.3) is 5.91 Å². The minimum atomic E-state index is -0.141. The van der Waals surface area contributed by atoms with Crippen LogP contribution in [0.3, 0.4) is 0 Å². The zero-order chi connectivity index (χ0) is 19.4. The molecule has 0 bridgehead atoms. The molecule has 0 unspecified atom stereocenters. The van der Waals surface area contributed by atoms with Crippen molar-refractivity contribution in [2.45, 2.75) is 26.2 Å². The van der Waals surface area contributed by atoms with Gasteiger partial charge in [-0.2, -0.15) is 0 Å². The lowest BCUT2D eigenvalue weighted by Gasteiger charge is -2.19. The van der Waals surface area contributed by atoms with Crippen LogP contribution in [0.15, 0.2) is 66.9 Å². The van der Waals surface area contributed by atoms with Crippen LogP contribution in [0.4, 0.5) is 5.69 Å². The number of pyridine rings is 1. The third-order valence-corrected chi connectivity index (χ3v) is 4.42. The van der Waals surface area contributed by atoms with Gasteiger partial charge in [0, 0.05) is 23.0 Å². The summed E-state index contributed by atoms with van der Waals surface area (Å²) < 4.78 is 5.35. The van der Waals surface area contributed by atoms with Gasteiger partial charge in [-0.05, 0) is 47.4 Å². The van der Waals surface area contributed by atoms with E-state index in [1.165, 1.54) is 5.56 Å². The number of benzene rings is 2. The van der Waals surface area contributed by atoms with E-state index in [2.05, 4.69) is 31.1 Å². The number of ether oxygens (including phenoxy) is 1. The van der Waals surface area contributed by atoms with Crippen molar-refractivity contribution in [3.63, 3.8) is 0 Å². The number of amides is 1. The molecule has 1 heterocycles. The molecule has 0 spiro atoms. The van der Waals surface area contributed by atoms with Crippen molar-refractivity contribution in [2.75, 3.05) is 12.4 Å². The van der Waals surface area contributed by atoms with Gasteiger partial charge in [-0.3, -0.25) is 9.78 Å². The summed E-state index contributed by atoms with van der Waals surface area (Å²) in [5, 5.41) is 2.94. The Morgan fingerprint density at radius 2 is 1.63 bits per heavy atom. The highest BCUT2D eigenvalue weighted by molar-refractivity contribution is 6.04. The van der Waals surface area contributed by atoms with Crippen LogP contribution in [-0.4, -0.2) is 18.0 Å². The number of nitrogens with zero attached hydrogens (tertiary/aromatic N) is 1. The number of hydrogen-bond donors (Lipinski definition) is 1. The molecule has 3 rings (SSSR count). The van der Waals surface area contributed by atoms with Crippen LogP contribution in [0.2, 0.25) is 0 Å². The summed E-state index contributed by atoms with van der Waals surface area (Å²) in [6.45, 7) is 6.50. The van der Waals surface area contributed by atoms with E-state index < -0.39 is 0 Å². The first-order chi connectivity index (χ1) is 12.9. The van der Waals surface area contributed by atoms with E-state index in [-0.39, 0.29) is 11.3 Å². The topological polar surface area (TPSA) is 51.2 Å². The van der Waals surface area contributed by atoms with Gasteiger partial charge in [-0.15, -0.1) is 0 Å². The maximum absolute atomic E-state index is 12.5. The lowest BCUT2D eigenvalue weighted by molar-refractivity contribution is 0.102. The van der Waals surface area contributed by atoms with Crippen LogP contribution >= 0.6 is 0 Å². The maximum atomic E-state index is 12.5. The molecule has 4 nitrogen and oxygen atoms in total. The molecule has 3 aromatic rings. The van der Waals surface area contributed by atoms with Crippen LogP contribution in [0.5, 0.6) is 5.75 Å². The van der Waals surface area contributed by atoms with E-state index in [1.54, 1.807) is 25.4 Å². The molecule has 2 aromatic carbocycles. The molecule has 1 amide bonds. The number of methoxy groups -OCH3 is 1. The number of nitrogens with one attached hydrogen (secondary N) is 1. The largest absolute Gasteiger partial charge is 0.494 e. The summed E-state index contributed by atoms with van der Waals surface area (Å²) in [5.74, 6) is 0.562. The van der Waals surface area contributed by atoms with E-state index in [9.17, 15) is 4.79 Å². The number of rotatable bonds is 4. The highest BCUT2D eigenvalue weighted by atomic mass is 16.5. The second-order valence-electron chi connectivity index (χ2n) is 7.41. The molecule has 4 heteroatoms. The lowest BCUT2D eigenvalue weighted by atomic mass is 9.87. The first kappa shape index (κ1) is 18.6. The fraction of sp³-hybridized carbons (Fsp3) is 0.217. The molecule has 0 atom stereocenters. The van der Waals surface area contributed by atoms with Crippen molar-refractivity contribution in [1.29, 1.82) is 0 Å². The van der Waals surface area contributed by atoms with Gasteiger partial charge in [-0.1, -0.05) is 45.0 Å². The Balaban J connectivity index is 1.74.